The van der Waals surface area contributed by atoms with Gasteiger partial charge in [-0.05, 0) is 86.5 Å². The molecule has 2 unspecified atom stereocenters. The number of aliphatic carboxylic acids is 1. The van der Waals surface area contributed by atoms with Crippen molar-refractivity contribution in [1.29, 1.82) is 0 Å². The number of hydrogen-bond donors (Lipinski definition) is 2. The van der Waals surface area contributed by atoms with Crippen LogP contribution in [0.15, 0.2) is 48.8 Å². The lowest BCUT2D eigenvalue weighted by molar-refractivity contribution is -0.168. The van der Waals surface area contributed by atoms with Crippen molar-refractivity contribution in [1.82, 2.24) is 10.3 Å². The van der Waals surface area contributed by atoms with Gasteiger partial charge in [-0.3, -0.25) is 14.6 Å². The molecule has 162 valence electrons. The van der Waals surface area contributed by atoms with Crippen molar-refractivity contribution >= 4 is 11.9 Å². The normalized spacial score (nSPS) is 31.4. The first kappa shape index (κ1) is 20.2. The number of carbonyl (C=O) groups is 2. The Kier molecular flexibility index (Phi) is 4.68. The highest BCUT2D eigenvalue weighted by Gasteiger charge is 2.59. The van der Waals surface area contributed by atoms with Crippen molar-refractivity contribution in [2.75, 3.05) is 0 Å². The standard InChI is InChI=1S/C26H30N2O3/c1-25(2,21-7-5-17(6-8-21)18-4-3-9-27-15-18)23(29)28-22-19-10-16-11-20(22)14-26(12-16,13-19)24(30)31/h3-9,15-16,19-20,22H,10-14H2,1-2H3,(H,28,29)(H,30,31). The van der Waals surface area contributed by atoms with Gasteiger partial charge in [-0.2, -0.15) is 0 Å². The van der Waals surface area contributed by atoms with Crippen LogP contribution >= 0.6 is 0 Å². The highest BCUT2D eigenvalue weighted by molar-refractivity contribution is 5.88. The molecule has 4 saturated carbocycles. The number of pyridine rings is 1. The van der Waals surface area contributed by atoms with Crippen LogP contribution < -0.4 is 5.32 Å². The van der Waals surface area contributed by atoms with Gasteiger partial charge in [0.1, 0.15) is 0 Å². The van der Waals surface area contributed by atoms with Gasteiger partial charge in [0.05, 0.1) is 10.8 Å². The molecule has 2 aromatic rings. The van der Waals surface area contributed by atoms with Crippen molar-refractivity contribution in [2.24, 2.45) is 23.2 Å². The molecule has 4 aliphatic carbocycles. The summed E-state index contributed by atoms with van der Waals surface area (Å²) >= 11 is 0. The van der Waals surface area contributed by atoms with Crippen LogP contribution in [0.4, 0.5) is 0 Å². The number of amides is 1. The fraction of sp³-hybridized carbons (Fsp3) is 0.500. The van der Waals surface area contributed by atoms with Crippen molar-refractivity contribution in [3.63, 3.8) is 0 Å². The number of benzene rings is 1. The van der Waals surface area contributed by atoms with Crippen molar-refractivity contribution in [3.05, 3.63) is 54.4 Å². The minimum atomic E-state index is -0.660. The predicted octanol–water partition coefficient (Wildman–Crippen LogP) is 4.42. The summed E-state index contributed by atoms with van der Waals surface area (Å²) < 4.78 is 0. The number of rotatable bonds is 5. The Morgan fingerprint density at radius 1 is 1.03 bits per heavy atom. The molecule has 5 nitrogen and oxygen atoms in total. The fourth-order valence-corrected chi connectivity index (χ4v) is 6.60. The van der Waals surface area contributed by atoms with Gasteiger partial charge in [0, 0.05) is 18.4 Å². The van der Waals surface area contributed by atoms with E-state index in [1.807, 2.05) is 56.4 Å². The Bertz CT molecular complexity index is 983. The topological polar surface area (TPSA) is 79.3 Å². The molecular formula is C26H30N2O3. The third kappa shape index (κ3) is 3.35. The maximum absolute atomic E-state index is 13.4. The zero-order chi connectivity index (χ0) is 21.8. The van der Waals surface area contributed by atoms with E-state index in [1.165, 1.54) is 0 Å². The first-order valence-corrected chi connectivity index (χ1v) is 11.3. The largest absolute Gasteiger partial charge is 0.481 e. The average Bonchev–Trinajstić information content (AvgIpc) is 2.76. The lowest BCUT2D eigenvalue weighted by Gasteiger charge is -2.58. The SMILES string of the molecule is CC(C)(C(=O)NC1C2CC3CC1CC(C(=O)O)(C3)C2)c1ccc(-c2cccnc2)cc1. The van der Waals surface area contributed by atoms with Gasteiger partial charge in [-0.1, -0.05) is 30.3 Å². The number of nitrogens with zero attached hydrogens (tertiary/aromatic N) is 1. The lowest BCUT2D eigenvalue weighted by atomic mass is 9.48. The fourth-order valence-electron chi connectivity index (χ4n) is 6.60. The summed E-state index contributed by atoms with van der Waals surface area (Å²) in [6.07, 6.45) is 7.94. The van der Waals surface area contributed by atoms with E-state index in [4.69, 9.17) is 0 Å². The molecule has 4 bridgehead atoms. The molecule has 0 aliphatic heterocycles. The third-order valence-corrected chi connectivity index (χ3v) is 8.19. The van der Waals surface area contributed by atoms with Gasteiger partial charge >= 0.3 is 5.97 Å². The second-order valence-corrected chi connectivity index (χ2v) is 10.5. The zero-order valence-electron chi connectivity index (χ0n) is 18.2. The Morgan fingerprint density at radius 3 is 2.29 bits per heavy atom. The molecule has 0 saturated heterocycles. The van der Waals surface area contributed by atoms with E-state index >= 15 is 0 Å². The third-order valence-electron chi connectivity index (χ3n) is 8.19. The van der Waals surface area contributed by atoms with Gasteiger partial charge in [0.25, 0.3) is 0 Å². The number of aromatic nitrogens is 1. The van der Waals surface area contributed by atoms with Gasteiger partial charge in [0.15, 0.2) is 0 Å². The summed E-state index contributed by atoms with van der Waals surface area (Å²) in [5, 5.41) is 13.2. The van der Waals surface area contributed by atoms with Crippen LogP contribution in [0, 0.1) is 23.2 Å². The first-order chi connectivity index (χ1) is 14.8. The van der Waals surface area contributed by atoms with Gasteiger partial charge in [-0.15, -0.1) is 0 Å². The van der Waals surface area contributed by atoms with Crippen LogP contribution in [0.3, 0.4) is 0 Å². The highest BCUT2D eigenvalue weighted by Crippen LogP contribution is 2.60. The molecule has 0 radical (unpaired) electrons. The minimum Gasteiger partial charge on any atom is -0.481 e. The minimum absolute atomic E-state index is 0.0310. The Morgan fingerprint density at radius 2 is 1.71 bits per heavy atom. The van der Waals surface area contributed by atoms with Gasteiger partial charge < -0.3 is 10.4 Å². The molecule has 2 N–H and O–H groups in total. The zero-order valence-corrected chi connectivity index (χ0v) is 18.2. The maximum Gasteiger partial charge on any atom is 0.309 e. The number of nitrogens with one attached hydrogen (secondary N) is 1. The van der Waals surface area contributed by atoms with Crippen molar-refractivity contribution in [2.45, 2.75) is 57.4 Å². The highest BCUT2D eigenvalue weighted by atomic mass is 16.4. The van der Waals surface area contributed by atoms with E-state index in [1.54, 1.807) is 6.20 Å². The van der Waals surface area contributed by atoms with Gasteiger partial charge in [0.2, 0.25) is 5.91 Å². The summed E-state index contributed by atoms with van der Waals surface area (Å²) in [5.41, 5.74) is 1.90. The van der Waals surface area contributed by atoms with Crippen molar-refractivity contribution < 1.29 is 14.7 Å². The Hall–Kier alpha value is -2.69. The average molecular weight is 419 g/mol. The van der Waals surface area contributed by atoms with Gasteiger partial charge in [-0.25, -0.2) is 0 Å². The number of carbonyl (C=O) groups excluding carboxylic acids is 1. The van der Waals surface area contributed by atoms with Crippen LogP contribution in [0.25, 0.3) is 11.1 Å². The molecule has 31 heavy (non-hydrogen) atoms. The van der Waals surface area contributed by atoms with Crippen LogP contribution in [-0.4, -0.2) is 28.0 Å². The first-order valence-electron chi connectivity index (χ1n) is 11.3. The molecule has 4 aliphatic rings. The lowest BCUT2D eigenvalue weighted by Crippen LogP contribution is -2.62. The summed E-state index contributed by atoms with van der Waals surface area (Å²) in [5.74, 6) is 0.481. The van der Waals surface area contributed by atoms with E-state index in [-0.39, 0.29) is 23.8 Å². The maximum atomic E-state index is 13.4. The molecule has 1 heterocycles. The molecule has 6 rings (SSSR count). The van der Waals surface area contributed by atoms with E-state index in [9.17, 15) is 14.7 Å². The van der Waals surface area contributed by atoms with Crippen LogP contribution in [0.1, 0.15) is 51.5 Å². The van der Waals surface area contributed by atoms with Crippen LogP contribution in [0.2, 0.25) is 0 Å². The summed E-state index contributed by atoms with van der Waals surface area (Å²) in [6.45, 7) is 3.94. The quantitative estimate of drug-likeness (QED) is 0.753. The molecule has 0 spiro atoms. The summed E-state index contributed by atoms with van der Waals surface area (Å²) in [4.78, 5) is 29.5. The molecule has 2 atom stereocenters. The number of carboxylic acid groups (broad SMARTS) is 1. The number of hydrogen-bond acceptors (Lipinski definition) is 3. The molecule has 4 fully saturated rings. The van der Waals surface area contributed by atoms with Crippen LogP contribution in [-0.2, 0) is 15.0 Å². The predicted molar refractivity (Wildman–Crippen MR) is 118 cm³/mol. The molecule has 1 amide bonds. The van der Waals surface area contributed by atoms with E-state index in [2.05, 4.69) is 10.3 Å². The second kappa shape index (κ2) is 7.18. The molecular weight excluding hydrogens is 388 g/mol. The van der Waals surface area contributed by atoms with Crippen molar-refractivity contribution in [3.8, 4) is 11.1 Å². The van der Waals surface area contributed by atoms with E-state index in [0.717, 1.165) is 36.0 Å². The Labute approximate surface area is 183 Å². The van der Waals surface area contributed by atoms with E-state index < -0.39 is 16.8 Å². The summed E-state index contributed by atoms with van der Waals surface area (Å²) in [7, 11) is 0. The Balaban J connectivity index is 1.32. The second-order valence-electron chi connectivity index (χ2n) is 10.5. The number of carboxylic acids is 1. The summed E-state index contributed by atoms with van der Waals surface area (Å²) in [6, 6.07) is 12.2. The van der Waals surface area contributed by atoms with Crippen LogP contribution in [0.5, 0.6) is 0 Å². The monoisotopic (exact) mass is 418 g/mol. The smallest absolute Gasteiger partial charge is 0.309 e. The molecule has 1 aromatic heterocycles. The molecule has 5 heteroatoms. The molecule has 1 aromatic carbocycles. The van der Waals surface area contributed by atoms with E-state index in [0.29, 0.717) is 18.8 Å².